The van der Waals surface area contributed by atoms with Crippen molar-refractivity contribution in [2.75, 3.05) is 7.11 Å². The Morgan fingerprint density at radius 2 is 2.10 bits per heavy atom. The van der Waals surface area contributed by atoms with Crippen molar-refractivity contribution in [2.24, 2.45) is 0 Å². The third-order valence-electron chi connectivity index (χ3n) is 2.94. The number of hydrogen-bond donors (Lipinski definition) is 1. The first-order valence-electron chi connectivity index (χ1n) is 6.01. The van der Waals surface area contributed by atoms with Crippen LogP contribution in [0.15, 0.2) is 22.7 Å². The second-order valence-corrected chi connectivity index (χ2v) is 5.02. The van der Waals surface area contributed by atoms with Gasteiger partial charge in [-0.2, -0.15) is 0 Å². The third kappa shape index (κ3) is 2.63. The molecular weight excluding hydrogens is 282 g/mol. The van der Waals surface area contributed by atoms with E-state index in [1.54, 1.807) is 6.07 Å². The molecule has 6 heteroatoms. The fraction of sp³-hybridized carbons (Fsp3) is 0.286. The summed E-state index contributed by atoms with van der Waals surface area (Å²) in [5.41, 5.74) is 1.36. The van der Waals surface area contributed by atoms with Gasteiger partial charge >= 0.3 is 5.97 Å². The van der Waals surface area contributed by atoms with Crippen molar-refractivity contribution in [3.05, 3.63) is 34.5 Å². The molecule has 0 amide bonds. The first-order valence-corrected chi connectivity index (χ1v) is 6.39. The van der Waals surface area contributed by atoms with E-state index in [2.05, 4.69) is 5.16 Å². The topological polar surface area (TPSA) is 72.6 Å². The van der Waals surface area contributed by atoms with E-state index in [4.69, 9.17) is 26.0 Å². The molecule has 1 aromatic heterocycles. The van der Waals surface area contributed by atoms with Crippen LogP contribution >= 0.6 is 11.6 Å². The van der Waals surface area contributed by atoms with E-state index in [0.29, 0.717) is 22.1 Å². The second kappa shape index (κ2) is 5.54. The summed E-state index contributed by atoms with van der Waals surface area (Å²) in [6, 6.07) is 4.86. The molecule has 106 valence electrons. The number of carbonyl (C=O) groups is 1. The van der Waals surface area contributed by atoms with E-state index >= 15 is 0 Å². The lowest BCUT2D eigenvalue weighted by molar-refractivity contribution is 0.0686. The van der Waals surface area contributed by atoms with E-state index in [0.717, 1.165) is 5.56 Å². The Balaban J connectivity index is 2.55. The highest BCUT2D eigenvalue weighted by Gasteiger charge is 2.18. The van der Waals surface area contributed by atoms with Crippen molar-refractivity contribution in [2.45, 2.75) is 19.8 Å². The number of nitrogens with zero attached hydrogens (tertiary/aromatic N) is 1. The Hall–Kier alpha value is -2.01. The number of rotatable bonds is 4. The van der Waals surface area contributed by atoms with Gasteiger partial charge in [0.05, 0.1) is 12.7 Å². The molecule has 0 saturated heterocycles. The first-order chi connectivity index (χ1) is 9.43. The largest absolute Gasteiger partial charge is 0.496 e. The average Bonchev–Trinajstić information content (AvgIpc) is 2.87. The lowest BCUT2D eigenvalue weighted by Gasteiger charge is -2.13. The molecule has 0 aliphatic heterocycles. The van der Waals surface area contributed by atoms with Gasteiger partial charge < -0.3 is 14.4 Å². The van der Waals surface area contributed by atoms with Crippen LogP contribution in [-0.2, 0) is 0 Å². The summed E-state index contributed by atoms with van der Waals surface area (Å²) in [5.74, 6) is -0.0405. The predicted molar refractivity (Wildman–Crippen MR) is 74.5 cm³/mol. The molecule has 0 spiro atoms. The number of hydrogen-bond acceptors (Lipinski definition) is 4. The minimum absolute atomic E-state index is 0.161. The molecule has 0 unspecified atom stereocenters. The molecule has 1 N–H and O–H groups in total. The lowest BCUT2D eigenvalue weighted by Crippen LogP contribution is -1.95. The summed E-state index contributed by atoms with van der Waals surface area (Å²) in [6.07, 6.45) is 0. The molecule has 0 bridgehead atoms. The minimum Gasteiger partial charge on any atom is -0.496 e. The van der Waals surface area contributed by atoms with Crippen molar-refractivity contribution >= 4 is 17.6 Å². The normalized spacial score (nSPS) is 10.8. The molecule has 0 fully saturated rings. The second-order valence-electron chi connectivity index (χ2n) is 4.61. The van der Waals surface area contributed by atoms with E-state index in [-0.39, 0.29) is 11.6 Å². The van der Waals surface area contributed by atoms with Crippen LogP contribution in [0, 0.1) is 0 Å². The van der Waals surface area contributed by atoms with Crippen molar-refractivity contribution in [1.82, 2.24) is 5.16 Å². The molecule has 0 atom stereocenters. The van der Waals surface area contributed by atoms with Crippen molar-refractivity contribution in [1.29, 1.82) is 0 Å². The quantitative estimate of drug-likeness (QED) is 0.928. The van der Waals surface area contributed by atoms with Gasteiger partial charge in [0.2, 0.25) is 0 Å². The molecule has 0 aliphatic carbocycles. The number of methoxy groups -OCH3 is 1. The number of ether oxygens (including phenoxy) is 1. The van der Waals surface area contributed by atoms with Crippen LogP contribution < -0.4 is 4.74 Å². The summed E-state index contributed by atoms with van der Waals surface area (Å²) in [6.45, 7) is 4.05. The molecule has 1 heterocycles. The zero-order chi connectivity index (χ0) is 14.9. The van der Waals surface area contributed by atoms with Gasteiger partial charge in [-0.25, -0.2) is 4.79 Å². The van der Waals surface area contributed by atoms with Crippen LogP contribution in [0.3, 0.4) is 0 Å². The Morgan fingerprint density at radius 3 is 2.60 bits per heavy atom. The Bertz CT molecular complexity index is 649. The molecule has 2 aromatic rings. The molecule has 0 saturated carbocycles. The van der Waals surface area contributed by atoms with Crippen LogP contribution in [0.2, 0.25) is 5.02 Å². The number of halogens is 1. The summed E-state index contributed by atoms with van der Waals surface area (Å²) >= 11 is 6.24. The van der Waals surface area contributed by atoms with Gasteiger partial charge in [0.1, 0.15) is 5.75 Å². The molecule has 1 aromatic carbocycles. The van der Waals surface area contributed by atoms with Crippen LogP contribution in [0.4, 0.5) is 0 Å². The Labute approximate surface area is 121 Å². The molecule has 5 nitrogen and oxygen atoms in total. The van der Waals surface area contributed by atoms with E-state index in [9.17, 15) is 4.79 Å². The van der Waals surface area contributed by atoms with Gasteiger partial charge in [-0.05, 0) is 23.6 Å². The van der Waals surface area contributed by atoms with Gasteiger partial charge in [-0.3, -0.25) is 0 Å². The molecule has 0 aliphatic rings. The fourth-order valence-electron chi connectivity index (χ4n) is 1.88. The highest BCUT2D eigenvalue weighted by molar-refractivity contribution is 6.31. The lowest BCUT2D eigenvalue weighted by atomic mass is 9.99. The smallest absolute Gasteiger partial charge is 0.358 e. The summed E-state index contributed by atoms with van der Waals surface area (Å²) in [5, 5.41) is 12.9. The van der Waals surface area contributed by atoms with E-state index in [1.807, 2.05) is 19.9 Å². The number of aromatic carboxylic acids is 1. The maximum Gasteiger partial charge on any atom is 0.358 e. The van der Waals surface area contributed by atoms with E-state index in [1.165, 1.54) is 13.2 Å². The first kappa shape index (κ1) is 14.4. The summed E-state index contributed by atoms with van der Waals surface area (Å²) in [7, 11) is 1.53. The summed E-state index contributed by atoms with van der Waals surface area (Å²) < 4.78 is 10.4. The molecule has 0 radical (unpaired) electrons. The molecular formula is C14H14ClNO4. The maximum absolute atomic E-state index is 10.8. The highest BCUT2D eigenvalue weighted by Crippen LogP contribution is 2.37. The zero-order valence-corrected chi connectivity index (χ0v) is 12.1. The van der Waals surface area contributed by atoms with E-state index < -0.39 is 5.97 Å². The molecule has 20 heavy (non-hydrogen) atoms. The fourth-order valence-corrected chi connectivity index (χ4v) is 2.26. The maximum atomic E-state index is 10.8. The molecule has 2 rings (SSSR count). The standard InChI is InChI=1S/C14H14ClNO4/c1-7(2)8-5-12(19-3)9(4-10(8)15)13-6-11(14(17)18)16-20-13/h4-7H,1-3H3,(H,17,18). The van der Waals surface area contributed by atoms with Gasteiger partial charge in [-0.15, -0.1) is 0 Å². The minimum atomic E-state index is -1.15. The van der Waals surface area contributed by atoms with Gasteiger partial charge in [0.25, 0.3) is 0 Å². The highest BCUT2D eigenvalue weighted by atomic mass is 35.5. The number of aromatic nitrogens is 1. The van der Waals surface area contributed by atoms with Gasteiger partial charge in [-0.1, -0.05) is 30.6 Å². The third-order valence-corrected chi connectivity index (χ3v) is 3.26. The van der Waals surface area contributed by atoms with Crippen LogP contribution in [0.25, 0.3) is 11.3 Å². The van der Waals surface area contributed by atoms with Crippen molar-refractivity contribution in [3.8, 4) is 17.1 Å². The Kier molecular flexibility index (Phi) is 3.99. The van der Waals surface area contributed by atoms with Crippen LogP contribution in [-0.4, -0.2) is 23.3 Å². The summed E-state index contributed by atoms with van der Waals surface area (Å²) in [4.78, 5) is 10.8. The zero-order valence-electron chi connectivity index (χ0n) is 11.3. The Morgan fingerprint density at radius 1 is 1.40 bits per heavy atom. The van der Waals surface area contributed by atoms with Crippen molar-refractivity contribution < 1.29 is 19.2 Å². The van der Waals surface area contributed by atoms with Crippen LogP contribution in [0.1, 0.15) is 35.8 Å². The predicted octanol–water partition coefficient (Wildman–Crippen LogP) is 3.83. The van der Waals surface area contributed by atoms with Crippen molar-refractivity contribution in [3.63, 3.8) is 0 Å². The number of carboxylic acid groups (broad SMARTS) is 1. The van der Waals surface area contributed by atoms with Crippen LogP contribution in [0.5, 0.6) is 5.75 Å². The van der Waals surface area contributed by atoms with Gasteiger partial charge in [0.15, 0.2) is 11.5 Å². The number of carboxylic acids is 1. The average molecular weight is 296 g/mol. The monoisotopic (exact) mass is 295 g/mol. The number of benzene rings is 1. The van der Waals surface area contributed by atoms with Gasteiger partial charge in [0, 0.05) is 11.1 Å². The SMILES string of the molecule is COc1cc(C(C)C)c(Cl)cc1-c1cc(C(=O)O)no1.